The minimum atomic E-state index is -0.251. The summed E-state index contributed by atoms with van der Waals surface area (Å²) >= 11 is 0. The van der Waals surface area contributed by atoms with Gasteiger partial charge >= 0.3 is 0 Å². The number of hydrogen-bond acceptors (Lipinski definition) is 4. The average Bonchev–Trinajstić information content (AvgIpc) is 3.10. The van der Waals surface area contributed by atoms with Crippen LogP contribution >= 0.6 is 0 Å². The Labute approximate surface area is 153 Å². The highest BCUT2D eigenvalue weighted by atomic mass is 19.1. The lowest BCUT2D eigenvalue weighted by molar-refractivity contribution is 0.0388. The lowest BCUT2D eigenvalue weighted by atomic mass is 9.99. The van der Waals surface area contributed by atoms with Crippen LogP contribution in [0.25, 0.3) is 11.1 Å². The molecule has 0 amide bonds. The summed E-state index contributed by atoms with van der Waals surface area (Å²) in [6, 6.07) is 12.9. The van der Waals surface area contributed by atoms with Gasteiger partial charge in [0.05, 0.1) is 5.71 Å². The third kappa shape index (κ3) is 3.44. The maximum atomic E-state index is 14.7. The largest absolute Gasteiger partial charge is 0.488 e. The van der Waals surface area contributed by atoms with E-state index in [2.05, 4.69) is 24.0 Å². The van der Waals surface area contributed by atoms with Crippen molar-refractivity contribution in [2.75, 3.05) is 20.1 Å². The number of hydrogen-bond donors (Lipinski definition) is 0. The molecule has 136 valence electrons. The second kappa shape index (κ2) is 7.08. The fourth-order valence-electron chi connectivity index (χ4n) is 3.37. The van der Waals surface area contributed by atoms with E-state index >= 15 is 0 Å². The Hall–Kier alpha value is -2.40. The maximum Gasteiger partial charge on any atom is 0.133 e. The fourth-order valence-corrected chi connectivity index (χ4v) is 3.37. The van der Waals surface area contributed by atoms with Crippen LogP contribution in [0.15, 0.2) is 47.6 Å². The van der Waals surface area contributed by atoms with Crippen molar-refractivity contribution < 1.29 is 14.0 Å². The van der Waals surface area contributed by atoms with Gasteiger partial charge in [0.1, 0.15) is 23.8 Å². The molecule has 1 fully saturated rings. The first kappa shape index (κ1) is 17.0. The highest BCUT2D eigenvalue weighted by Gasteiger charge is 2.25. The normalized spacial score (nSPS) is 20.4. The third-order valence-corrected chi connectivity index (χ3v) is 4.99. The lowest BCUT2D eigenvalue weighted by Gasteiger charge is -2.36. The SMILES string of the molecule is CC[C@H]1CC(c2ccc(-c3ccc(OC4CN(C)C4)cc3)c(F)c2)=NO1. The molecule has 0 spiro atoms. The van der Waals surface area contributed by atoms with Crippen molar-refractivity contribution >= 4 is 5.71 Å². The van der Waals surface area contributed by atoms with Crippen molar-refractivity contribution in [1.82, 2.24) is 4.90 Å². The quantitative estimate of drug-likeness (QED) is 0.811. The van der Waals surface area contributed by atoms with E-state index < -0.39 is 0 Å². The number of ether oxygens (including phenoxy) is 1. The summed E-state index contributed by atoms with van der Waals surface area (Å²) in [5.74, 6) is 0.575. The summed E-state index contributed by atoms with van der Waals surface area (Å²) in [6.45, 7) is 3.96. The second-order valence-corrected chi connectivity index (χ2v) is 7.06. The summed E-state index contributed by atoms with van der Waals surface area (Å²) in [7, 11) is 2.07. The number of nitrogens with zero attached hydrogens (tertiary/aromatic N) is 2. The molecule has 0 aliphatic carbocycles. The monoisotopic (exact) mass is 354 g/mol. The molecule has 1 atom stereocenters. The van der Waals surface area contributed by atoms with Crippen LogP contribution in [0.3, 0.4) is 0 Å². The van der Waals surface area contributed by atoms with Crippen LogP contribution in [-0.4, -0.2) is 43.0 Å². The standard InChI is InChI=1S/C21H23FN2O2/c1-3-16-11-21(23-26-16)15-6-9-19(20(22)10-15)14-4-7-17(8-5-14)25-18-12-24(2)13-18/h4-10,16,18H,3,11-13H2,1-2H3/t16-/m0/s1. The number of likely N-dealkylation sites (tertiary alicyclic amines) is 1. The molecule has 2 heterocycles. The molecule has 1 saturated heterocycles. The molecule has 4 nitrogen and oxygen atoms in total. The minimum Gasteiger partial charge on any atom is -0.488 e. The summed E-state index contributed by atoms with van der Waals surface area (Å²) in [5, 5.41) is 4.09. The van der Waals surface area contributed by atoms with Crippen molar-refractivity contribution in [3.05, 3.63) is 53.8 Å². The van der Waals surface area contributed by atoms with Crippen LogP contribution in [0, 0.1) is 5.82 Å². The van der Waals surface area contributed by atoms with Gasteiger partial charge in [-0.1, -0.05) is 36.3 Å². The van der Waals surface area contributed by atoms with Crippen LogP contribution < -0.4 is 4.74 Å². The zero-order valence-electron chi connectivity index (χ0n) is 15.1. The lowest BCUT2D eigenvalue weighted by Crippen LogP contribution is -2.51. The number of benzene rings is 2. The molecule has 0 N–H and O–H groups in total. The van der Waals surface area contributed by atoms with E-state index in [-0.39, 0.29) is 18.0 Å². The van der Waals surface area contributed by atoms with E-state index in [1.165, 1.54) is 0 Å². The summed E-state index contributed by atoms with van der Waals surface area (Å²) in [4.78, 5) is 7.54. The number of likely N-dealkylation sites (N-methyl/N-ethyl adjacent to an activating group) is 1. The van der Waals surface area contributed by atoms with Gasteiger partial charge in [-0.25, -0.2) is 4.39 Å². The van der Waals surface area contributed by atoms with E-state index in [1.54, 1.807) is 6.07 Å². The van der Waals surface area contributed by atoms with Gasteiger partial charge in [-0.2, -0.15) is 0 Å². The summed E-state index contributed by atoms with van der Waals surface area (Å²) < 4.78 is 20.5. The van der Waals surface area contributed by atoms with Gasteiger partial charge < -0.3 is 9.57 Å². The maximum absolute atomic E-state index is 14.7. The predicted molar refractivity (Wildman–Crippen MR) is 100 cm³/mol. The van der Waals surface area contributed by atoms with Gasteiger partial charge in [-0.15, -0.1) is 0 Å². The Morgan fingerprint density at radius 1 is 1.15 bits per heavy atom. The van der Waals surface area contributed by atoms with Crippen LogP contribution in [0.1, 0.15) is 25.3 Å². The first-order chi connectivity index (χ1) is 12.6. The van der Waals surface area contributed by atoms with Crippen molar-refractivity contribution in [2.45, 2.75) is 32.0 Å². The molecular weight excluding hydrogens is 331 g/mol. The Morgan fingerprint density at radius 3 is 2.50 bits per heavy atom. The smallest absolute Gasteiger partial charge is 0.133 e. The van der Waals surface area contributed by atoms with Gasteiger partial charge in [-0.05, 0) is 37.2 Å². The van der Waals surface area contributed by atoms with Crippen LogP contribution in [0.4, 0.5) is 4.39 Å². The molecular formula is C21H23FN2O2. The highest BCUT2D eigenvalue weighted by Crippen LogP contribution is 2.28. The molecule has 0 aromatic heterocycles. The Kier molecular flexibility index (Phi) is 4.64. The molecule has 2 aromatic carbocycles. The highest BCUT2D eigenvalue weighted by molar-refractivity contribution is 6.01. The first-order valence-electron chi connectivity index (χ1n) is 9.10. The van der Waals surface area contributed by atoms with E-state index in [0.29, 0.717) is 5.56 Å². The third-order valence-electron chi connectivity index (χ3n) is 4.99. The van der Waals surface area contributed by atoms with Gasteiger partial charge in [0.2, 0.25) is 0 Å². The fraction of sp³-hybridized carbons (Fsp3) is 0.381. The number of oxime groups is 1. The molecule has 0 saturated carbocycles. The van der Waals surface area contributed by atoms with E-state index in [4.69, 9.17) is 9.57 Å². The van der Waals surface area contributed by atoms with Crippen molar-refractivity contribution in [3.8, 4) is 16.9 Å². The molecule has 5 heteroatoms. The van der Waals surface area contributed by atoms with E-state index in [1.807, 2.05) is 36.4 Å². The van der Waals surface area contributed by atoms with Gasteiger partial charge in [0.15, 0.2) is 0 Å². The Morgan fingerprint density at radius 2 is 1.88 bits per heavy atom. The molecule has 2 aromatic rings. The average molecular weight is 354 g/mol. The van der Waals surface area contributed by atoms with Crippen LogP contribution in [0.2, 0.25) is 0 Å². The predicted octanol–water partition coefficient (Wildman–Crippen LogP) is 4.09. The summed E-state index contributed by atoms with van der Waals surface area (Å²) in [5.41, 5.74) is 3.02. The van der Waals surface area contributed by atoms with Crippen molar-refractivity contribution in [3.63, 3.8) is 0 Å². The van der Waals surface area contributed by atoms with Crippen LogP contribution in [0.5, 0.6) is 5.75 Å². The zero-order valence-corrected chi connectivity index (χ0v) is 15.1. The van der Waals surface area contributed by atoms with E-state index in [9.17, 15) is 4.39 Å². The van der Waals surface area contributed by atoms with Crippen molar-refractivity contribution in [1.29, 1.82) is 0 Å². The van der Waals surface area contributed by atoms with E-state index in [0.717, 1.165) is 48.5 Å². The molecule has 2 aliphatic heterocycles. The zero-order chi connectivity index (χ0) is 18.1. The number of halogens is 1. The summed E-state index contributed by atoms with van der Waals surface area (Å²) in [6.07, 6.45) is 2.00. The second-order valence-electron chi connectivity index (χ2n) is 7.06. The Bertz CT molecular complexity index is 813. The topological polar surface area (TPSA) is 34.1 Å². The Balaban J connectivity index is 1.47. The molecule has 2 aliphatic rings. The van der Waals surface area contributed by atoms with Gasteiger partial charge in [-0.3, -0.25) is 4.90 Å². The first-order valence-corrected chi connectivity index (χ1v) is 9.10. The molecule has 4 rings (SSSR count). The molecule has 0 bridgehead atoms. The molecule has 26 heavy (non-hydrogen) atoms. The van der Waals surface area contributed by atoms with Crippen molar-refractivity contribution in [2.24, 2.45) is 5.16 Å². The number of rotatable bonds is 5. The van der Waals surface area contributed by atoms with Gasteiger partial charge in [0.25, 0.3) is 0 Å². The van der Waals surface area contributed by atoms with Gasteiger partial charge in [0, 0.05) is 30.6 Å². The minimum absolute atomic E-state index is 0.107. The van der Waals surface area contributed by atoms with Crippen LogP contribution in [-0.2, 0) is 4.84 Å². The molecule has 0 unspecified atom stereocenters. The molecule has 0 radical (unpaired) electrons.